The third-order valence-electron chi connectivity index (χ3n) is 7.77. The predicted octanol–water partition coefficient (Wildman–Crippen LogP) is 4.11. The van der Waals surface area contributed by atoms with Gasteiger partial charge < -0.3 is 14.5 Å². The number of ketones is 1. The highest BCUT2D eigenvalue weighted by Gasteiger charge is 2.27. The molecule has 1 saturated heterocycles. The number of amides is 1. The van der Waals surface area contributed by atoms with Crippen molar-refractivity contribution >= 4 is 44.1 Å². The van der Waals surface area contributed by atoms with Crippen LogP contribution in [0, 0.1) is 11.6 Å². The molecule has 0 unspecified atom stereocenters. The first-order valence-electron chi connectivity index (χ1n) is 14.2. The summed E-state index contributed by atoms with van der Waals surface area (Å²) in [7, 11) is -3.14. The molecule has 0 spiro atoms. The standard InChI is InChI=1S/C31H28F2N6O5S/c1-44-30-27(37-45(42,43)28-8-6-22(32)16-25(28)33)15-21(17-34-30)19-5-7-26-24(14-19)29(36-18-35-26)38-9-11-39(12-10-38)31(41)20-3-2-4-23(40)13-20/h5-8,13-18,37H,2-4,9-12H2,1H3. The molecular weight excluding hydrogens is 606 g/mol. The molecule has 0 radical (unpaired) electrons. The number of sulfonamides is 1. The van der Waals surface area contributed by atoms with Crippen LogP contribution in [-0.2, 0) is 19.6 Å². The van der Waals surface area contributed by atoms with Gasteiger partial charge in [-0.25, -0.2) is 32.2 Å². The zero-order valence-electron chi connectivity index (χ0n) is 24.2. The minimum absolute atomic E-state index is 0.00939. The Morgan fingerprint density at radius 3 is 2.49 bits per heavy atom. The first kappa shape index (κ1) is 30.1. The van der Waals surface area contributed by atoms with Crippen molar-refractivity contribution in [2.24, 2.45) is 0 Å². The zero-order valence-corrected chi connectivity index (χ0v) is 25.0. The Bertz CT molecular complexity index is 1960. The summed E-state index contributed by atoms with van der Waals surface area (Å²) in [6.07, 6.45) is 6.24. The van der Waals surface area contributed by atoms with Crippen LogP contribution in [0.2, 0.25) is 0 Å². The molecule has 0 bridgehead atoms. The highest BCUT2D eigenvalue weighted by molar-refractivity contribution is 7.92. The van der Waals surface area contributed by atoms with E-state index in [4.69, 9.17) is 4.74 Å². The number of benzene rings is 2. The number of nitrogens with one attached hydrogen (secondary N) is 1. The third kappa shape index (κ3) is 6.18. The van der Waals surface area contributed by atoms with Crippen LogP contribution in [0.3, 0.4) is 0 Å². The second-order valence-corrected chi connectivity index (χ2v) is 12.3. The van der Waals surface area contributed by atoms with Gasteiger partial charge >= 0.3 is 0 Å². The predicted molar refractivity (Wildman–Crippen MR) is 162 cm³/mol. The van der Waals surface area contributed by atoms with Crippen molar-refractivity contribution in [3.63, 3.8) is 0 Å². The minimum atomic E-state index is -4.46. The molecule has 1 amide bonds. The highest BCUT2D eigenvalue weighted by Crippen LogP contribution is 2.34. The lowest BCUT2D eigenvalue weighted by molar-refractivity contribution is -0.128. The number of pyridine rings is 1. The van der Waals surface area contributed by atoms with Gasteiger partial charge in [-0.1, -0.05) is 6.07 Å². The third-order valence-corrected chi connectivity index (χ3v) is 9.16. The molecule has 2 aromatic heterocycles. The zero-order chi connectivity index (χ0) is 31.7. The van der Waals surface area contributed by atoms with Gasteiger partial charge in [0.15, 0.2) is 5.78 Å². The lowest BCUT2D eigenvalue weighted by Gasteiger charge is -2.36. The fraction of sp³-hybridized carbons (Fsp3) is 0.258. The van der Waals surface area contributed by atoms with Gasteiger partial charge in [-0.15, -0.1) is 0 Å². The molecule has 2 aliphatic rings. The van der Waals surface area contributed by atoms with Gasteiger partial charge in [0.05, 0.1) is 12.6 Å². The van der Waals surface area contributed by atoms with Crippen molar-refractivity contribution in [2.45, 2.75) is 24.2 Å². The summed E-state index contributed by atoms with van der Waals surface area (Å²) in [6.45, 7) is 1.99. The Morgan fingerprint density at radius 2 is 1.76 bits per heavy atom. The molecule has 14 heteroatoms. The monoisotopic (exact) mass is 634 g/mol. The van der Waals surface area contributed by atoms with E-state index in [0.717, 1.165) is 17.5 Å². The molecule has 11 nitrogen and oxygen atoms in total. The Morgan fingerprint density at radius 1 is 0.956 bits per heavy atom. The van der Waals surface area contributed by atoms with Crippen LogP contribution in [0.25, 0.3) is 22.0 Å². The number of carbonyl (C=O) groups excluding carboxylic acids is 2. The van der Waals surface area contributed by atoms with Gasteiger partial charge in [-0.2, -0.15) is 0 Å². The fourth-order valence-electron chi connectivity index (χ4n) is 5.50. The Kier molecular flexibility index (Phi) is 8.14. The van der Waals surface area contributed by atoms with Crippen LogP contribution in [0.15, 0.2) is 71.5 Å². The van der Waals surface area contributed by atoms with Crippen LogP contribution >= 0.6 is 0 Å². The Hall–Kier alpha value is -4.98. The molecule has 4 aromatic rings. The SMILES string of the molecule is COc1ncc(-c2ccc3ncnc(N4CCN(C(=O)C5=CC(=O)CCC5)CC4)c3c2)cc1NS(=O)(=O)c1ccc(F)cc1F. The van der Waals surface area contributed by atoms with E-state index in [1.165, 1.54) is 31.8 Å². The molecule has 0 saturated carbocycles. The summed E-state index contributed by atoms with van der Waals surface area (Å²) in [5.74, 6) is -1.62. The molecule has 3 heterocycles. The van der Waals surface area contributed by atoms with Crippen molar-refractivity contribution in [2.75, 3.05) is 42.9 Å². The molecule has 2 aromatic carbocycles. The molecule has 0 atom stereocenters. The van der Waals surface area contributed by atoms with E-state index in [-0.39, 0.29) is 23.3 Å². The number of allylic oxidation sites excluding steroid dienone is 1. The summed E-state index contributed by atoms with van der Waals surface area (Å²) in [5.41, 5.74) is 2.40. The number of nitrogens with zero attached hydrogens (tertiary/aromatic N) is 5. The number of aromatic nitrogens is 3. The van der Waals surface area contributed by atoms with Crippen LogP contribution in [0.1, 0.15) is 19.3 Å². The first-order chi connectivity index (χ1) is 21.6. The van der Waals surface area contributed by atoms with Crippen LogP contribution in [-0.4, -0.2) is 73.2 Å². The van der Waals surface area contributed by atoms with Gasteiger partial charge in [0, 0.05) is 61.4 Å². The number of hydrogen-bond acceptors (Lipinski definition) is 9. The van der Waals surface area contributed by atoms with Gasteiger partial charge in [-0.3, -0.25) is 14.3 Å². The summed E-state index contributed by atoms with van der Waals surface area (Å²) >= 11 is 0. The summed E-state index contributed by atoms with van der Waals surface area (Å²) < 4.78 is 61.2. The second kappa shape index (κ2) is 12.2. The van der Waals surface area contributed by atoms with Crippen LogP contribution < -0.4 is 14.4 Å². The fourth-order valence-corrected chi connectivity index (χ4v) is 6.61. The molecule has 45 heavy (non-hydrogen) atoms. The lowest BCUT2D eigenvalue weighted by Crippen LogP contribution is -2.49. The van der Waals surface area contributed by atoms with E-state index in [1.807, 2.05) is 12.1 Å². The van der Waals surface area contributed by atoms with Gasteiger partial charge in [0.1, 0.15) is 34.4 Å². The molecule has 232 valence electrons. The second-order valence-electron chi connectivity index (χ2n) is 10.7. The van der Waals surface area contributed by atoms with Gasteiger partial charge in [0.2, 0.25) is 11.8 Å². The smallest absolute Gasteiger partial charge is 0.264 e. The molecule has 1 N–H and O–H groups in total. The van der Waals surface area contributed by atoms with Crippen molar-refractivity contribution in [1.82, 2.24) is 19.9 Å². The summed E-state index contributed by atoms with van der Waals surface area (Å²) in [6, 6.07) is 9.16. The first-order valence-corrected chi connectivity index (χ1v) is 15.7. The maximum atomic E-state index is 14.3. The minimum Gasteiger partial charge on any atom is -0.480 e. The van der Waals surface area contributed by atoms with Crippen LogP contribution in [0.4, 0.5) is 20.3 Å². The number of carbonyl (C=O) groups is 2. The summed E-state index contributed by atoms with van der Waals surface area (Å²) in [5, 5.41) is 0.738. The number of methoxy groups -OCH3 is 1. The average molecular weight is 635 g/mol. The number of halogens is 2. The number of fused-ring (bicyclic) bond motifs is 1. The van der Waals surface area contributed by atoms with Gasteiger partial charge in [-0.05, 0) is 54.8 Å². The largest absolute Gasteiger partial charge is 0.480 e. The molecule has 1 aliphatic heterocycles. The summed E-state index contributed by atoms with van der Waals surface area (Å²) in [4.78, 5) is 41.1. The van der Waals surface area contributed by atoms with E-state index >= 15 is 0 Å². The molecular formula is C31H28F2N6O5S. The van der Waals surface area contributed by atoms with Crippen molar-refractivity contribution in [3.8, 4) is 17.0 Å². The Labute approximate surface area is 257 Å². The maximum absolute atomic E-state index is 14.3. The van der Waals surface area contributed by atoms with Crippen LogP contribution in [0.5, 0.6) is 5.88 Å². The topological polar surface area (TPSA) is 135 Å². The van der Waals surface area contributed by atoms with E-state index < -0.39 is 26.6 Å². The lowest BCUT2D eigenvalue weighted by atomic mass is 9.97. The van der Waals surface area contributed by atoms with Crippen molar-refractivity contribution < 1.29 is 31.5 Å². The maximum Gasteiger partial charge on any atom is 0.264 e. The number of ether oxygens (including phenoxy) is 1. The van der Waals surface area contributed by atoms with E-state index in [9.17, 15) is 26.8 Å². The van der Waals surface area contributed by atoms with Crippen molar-refractivity contribution in [1.29, 1.82) is 0 Å². The average Bonchev–Trinajstić information content (AvgIpc) is 3.03. The Balaban J connectivity index is 1.27. The quantitative estimate of drug-likeness (QED) is 0.319. The van der Waals surface area contributed by atoms with E-state index in [1.54, 1.807) is 11.0 Å². The number of hydrogen-bond donors (Lipinski definition) is 1. The molecule has 6 rings (SSSR count). The molecule has 1 fully saturated rings. The normalized spacial score (nSPS) is 15.6. The molecule has 1 aliphatic carbocycles. The van der Waals surface area contributed by atoms with E-state index in [0.29, 0.717) is 79.5 Å². The number of rotatable bonds is 7. The number of piperazine rings is 1. The van der Waals surface area contributed by atoms with Crippen molar-refractivity contribution in [3.05, 3.63) is 78.3 Å². The highest BCUT2D eigenvalue weighted by atomic mass is 32.2. The van der Waals surface area contributed by atoms with E-state index in [2.05, 4.69) is 24.6 Å². The number of anilines is 2. The van der Waals surface area contributed by atoms with Gasteiger partial charge in [0.25, 0.3) is 10.0 Å².